The smallest absolute Gasteiger partial charge is 0.221 e. The van der Waals surface area contributed by atoms with Gasteiger partial charge in [0.05, 0.1) is 0 Å². The van der Waals surface area contributed by atoms with Crippen molar-refractivity contribution in [3.05, 3.63) is 34.9 Å². The van der Waals surface area contributed by atoms with Crippen LogP contribution in [0.5, 0.6) is 0 Å². The lowest BCUT2D eigenvalue weighted by molar-refractivity contribution is -0.121. The molecule has 3 heteroatoms. The van der Waals surface area contributed by atoms with Crippen molar-refractivity contribution in [2.24, 2.45) is 5.73 Å². The lowest BCUT2D eigenvalue weighted by Gasteiger charge is -2.15. The van der Waals surface area contributed by atoms with Gasteiger partial charge in [-0.2, -0.15) is 0 Å². The summed E-state index contributed by atoms with van der Waals surface area (Å²) in [5, 5.41) is 2.98. The first-order chi connectivity index (χ1) is 8.36. The van der Waals surface area contributed by atoms with Gasteiger partial charge in [0.25, 0.3) is 0 Å². The van der Waals surface area contributed by atoms with Crippen molar-refractivity contribution < 1.29 is 4.79 Å². The Morgan fingerprint density at radius 3 is 2.28 bits per heavy atom. The Bertz CT molecular complexity index is 393. The standard InChI is InChI=1S/C15H24N2O/c1-10-5-11(2)7-14(6-10)9-13(4)17-15(18)8-12(3)16/h5-7,12-13H,8-9,16H2,1-4H3,(H,17,18). The number of carbonyl (C=O) groups excluding carboxylic acids is 1. The summed E-state index contributed by atoms with van der Waals surface area (Å²) in [6, 6.07) is 6.54. The number of hydrogen-bond donors (Lipinski definition) is 2. The predicted molar refractivity (Wildman–Crippen MR) is 75.5 cm³/mol. The summed E-state index contributed by atoms with van der Waals surface area (Å²) in [4.78, 5) is 11.6. The third-order valence-corrected chi connectivity index (χ3v) is 2.74. The number of rotatable bonds is 5. The average molecular weight is 248 g/mol. The third kappa shape index (κ3) is 5.32. The zero-order chi connectivity index (χ0) is 13.7. The molecule has 1 rings (SSSR count). The number of benzene rings is 1. The van der Waals surface area contributed by atoms with Gasteiger partial charge in [-0.1, -0.05) is 29.3 Å². The molecule has 3 N–H and O–H groups in total. The van der Waals surface area contributed by atoms with Crippen molar-refractivity contribution in [1.82, 2.24) is 5.32 Å². The Morgan fingerprint density at radius 1 is 1.22 bits per heavy atom. The Morgan fingerprint density at radius 2 is 1.78 bits per heavy atom. The largest absolute Gasteiger partial charge is 0.353 e. The van der Waals surface area contributed by atoms with Gasteiger partial charge < -0.3 is 11.1 Å². The maximum atomic E-state index is 11.6. The van der Waals surface area contributed by atoms with Crippen molar-refractivity contribution in [1.29, 1.82) is 0 Å². The van der Waals surface area contributed by atoms with E-state index in [4.69, 9.17) is 5.73 Å². The summed E-state index contributed by atoms with van der Waals surface area (Å²) in [5.41, 5.74) is 9.39. The summed E-state index contributed by atoms with van der Waals surface area (Å²) >= 11 is 0. The minimum atomic E-state index is -0.0848. The van der Waals surface area contributed by atoms with Gasteiger partial charge in [0.1, 0.15) is 0 Å². The van der Waals surface area contributed by atoms with E-state index in [-0.39, 0.29) is 18.0 Å². The van der Waals surface area contributed by atoms with Crippen LogP contribution in [0.1, 0.15) is 37.0 Å². The Labute approximate surface area is 110 Å². The lowest BCUT2D eigenvalue weighted by atomic mass is 10.0. The Kier molecular flexibility index (Phi) is 5.35. The molecule has 0 spiro atoms. The fourth-order valence-electron chi connectivity index (χ4n) is 2.22. The number of nitrogens with two attached hydrogens (primary N) is 1. The van der Waals surface area contributed by atoms with E-state index in [0.29, 0.717) is 6.42 Å². The molecule has 1 aromatic carbocycles. The van der Waals surface area contributed by atoms with Crippen LogP contribution in [0, 0.1) is 13.8 Å². The molecule has 100 valence electrons. The second kappa shape index (κ2) is 6.55. The fourth-order valence-corrected chi connectivity index (χ4v) is 2.22. The maximum absolute atomic E-state index is 11.6. The molecule has 0 aliphatic rings. The number of hydrogen-bond acceptors (Lipinski definition) is 2. The lowest BCUT2D eigenvalue weighted by Crippen LogP contribution is -2.37. The van der Waals surface area contributed by atoms with Gasteiger partial charge in [0.2, 0.25) is 5.91 Å². The Balaban J connectivity index is 2.53. The second-order valence-electron chi connectivity index (χ2n) is 5.35. The van der Waals surface area contributed by atoms with Gasteiger partial charge in [-0.25, -0.2) is 0 Å². The SMILES string of the molecule is Cc1cc(C)cc(CC(C)NC(=O)CC(C)N)c1. The van der Waals surface area contributed by atoms with E-state index in [0.717, 1.165) is 6.42 Å². The van der Waals surface area contributed by atoms with E-state index in [9.17, 15) is 4.79 Å². The van der Waals surface area contributed by atoms with Crippen LogP contribution in [-0.2, 0) is 11.2 Å². The van der Waals surface area contributed by atoms with Crippen LogP contribution >= 0.6 is 0 Å². The van der Waals surface area contributed by atoms with Gasteiger partial charge in [0, 0.05) is 18.5 Å². The zero-order valence-corrected chi connectivity index (χ0v) is 11.8. The molecule has 2 unspecified atom stereocenters. The number of carbonyl (C=O) groups is 1. The molecule has 1 aromatic rings. The van der Waals surface area contributed by atoms with Crippen LogP contribution in [0.25, 0.3) is 0 Å². The van der Waals surface area contributed by atoms with Gasteiger partial charge in [-0.05, 0) is 39.7 Å². The maximum Gasteiger partial charge on any atom is 0.221 e. The summed E-state index contributed by atoms with van der Waals surface area (Å²) < 4.78 is 0. The molecule has 0 saturated heterocycles. The molecule has 0 fully saturated rings. The molecule has 0 bridgehead atoms. The molecule has 0 aromatic heterocycles. The first kappa shape index (κ1) is 14.7. The highest BCUT2D eigenvalue weighted by Crippen LogP contribution is 2.11. The van der Waals surface area contributed by atoms with E-state index in [2.05, 4.69) is 37.4 Å². The van der Waals surface area contributed by atoms with Gasteiger partial charge in [-0.15, -0.1) is 0 Å². The van der Waals surface area contributed by atoms with Crippen LogP contribution in [-0.4, -0.2) is 18.0 Å². The van der Waals surface area contributed by atoms with Crippen molar-refractivity contribution in [3.8, 4) is 0 Å². The van der Waals surface area contributed by atoms with E-state index in [1.807, 2.05) is 13.8 Å². The van der Waals surface area contributed by atoms with Crippen molar-refractivity contribution >= 4 is 5.91 Å². The van der Waals surface area contributed by atoms with E-state index in [1.165, 1.54) is 16.7 Å². The average Bonchev–Trinajstić information content (AvgIpc) is 2.12. The molecular weight excluding hydrogens is 224 g/mol. The summed E-state index contributed by atoms with van der Waals surface area (Å²) in [6.07, 6.45) is 1.24. The zero-order valence-electron chi connectivity index (χ0n) is 11.8. The number of nitrogens with one attached hydrogen (secondary N) is 1. The van der Waals surface area contributed by atoms with E-state index < -0.39 is 0 Å². The third-order valence-electron chi connectivity index (χ3n) is 2.74. The van der Waals surface area contributed by atoms with E-state index >= 15 is 0 Å². The number of amides is 1. The molecule has 0 heterocycles. The first-order valence-corrected chi connectivity index (χ1v) is 6.49. The highest BCUT2D eigenvalue weighted by Gasteiger charge is 2.10. The first-order valence-electron chi connectivity index (χ1n) is 6.49. The molecule has 18 heavy (non-hydrogen) atoms. The van der Waals surface area contributed by atoms with Gasteiger partial charge >= 0.3 is 0 Å². The molecule has 0 aliphatic carbocycles. The van der Waals surface area contributed by atoms with Gasteiger partial charge in [-0.3, -0.25) is 4.79 Å². The van der Waals surface area contributed by atoms with Crippen molar-refractivity contribution in [2.75, 3.05) is 0 Å². The summed E-state index contributed by atoms with van der Waals surface area (Å²) in [6.45, 7) is 8.05. The molecular formula is C15H24N2O. The van der Waals surface area contributed by atoms with E-state index in [1.54, 1.807) is 0 Å². The van der Waals surface area contributed by atoms with Crippen LogP contribution in [0.15, 0.2) is 18.2 Å². The highest BCUT2D eigenvalue weighted by molar-refractivity contribution is 5.76. The monoisotopic (exact) mass is 248 g/mol. The van der Waals surface area contributed by atoms with Crippen LogP contribution < -0.4 is 11.1 Å². The molecule has 2 atom stereocenters. The minimum absolute atomic E-state index is 0.0295. The van der Waals surface area contributed by atoms with Crippen LogP contribution in [0.3, 0.4) is 0 Å². The second-order valence-corrected chi connectivity index (χ2v) is 5.35. The minimum Gasteiger partial charge on any atom is -0.353 e. The number of aryl methyl sites for hydroxylation is 2. The predicted octanol–water partition coefficient (Wildman–Crippen LogP) is 2.09. The van der Waals surface area contributed by atoms with Gasteiger partial charge in [0.15, 0.2) is 0 Å². The van der Waals surface area contributed by atoms with Crippen molar-refractivity contribution in [3.63, 3.8) is 0 Å². The summed E-state index contributed by atoms with van der Waals surface area (Å²) in [7, 11) is 0. The molecule has 3 nitrogen and oxygen atoms in total. The van der Waals surface area contributed by atoms with Crippen LogP contribution in [0.2, 0.25) is 0 Å². The summed E-state index contributed by atoms with van der Waals surface area (Å²) in [5.74, 6) is 0.0295. The molecule has 0 saturated carbocycles. The van der Waals surface area contributed by atoms with Crippen LogP contribution in [0.4, 0.5) is 0 Å². The molecule has 0 radical (unpaired) electrons. The Hall–Kier alpha value is -1.35. The topological polar surface area (TPSA) is 55.1 Å². The fraction of sp³-hybridized carbons (Fsp3) is 0.533. The van der Waals surface area contributed by atoms with Crippen molar-refractivity contribution in [2.45, 2.75) is 52.6 Å². The molecule has 1 amide bonds. The quantitative estimate of drug-likeness (QED) is 0.838. The highest BCUT2D eigenvalue weighted by atomic mass is 16.1. The normalized spacial score (nSPS) is 14.1. The molecule has 0 aliphatic heterocycles.